The fourth-order valence-electron chi connectivity index (χ4n) is 3.25. The van der Waals surface area contributed by atoms with Crippen LogP contribution in [0.2, 0.25) is 0 Å². The lowest BCUT2D eigenvalue weighted by molar-refractivity contribution is -0.131. The quantitative estimate of drug-likeness (QED) is 0.637. The molecule has 0 heterocycles. The third-order valence-electron chi connectivity index (χ3n) is 4.49. The van der Waals surface area contributed by atoms with Crippen molar-refractivity contribution in [2.75, 3.05) is 19.6 Å². The highest BCUT2D eigenvalue weighted by molar-refractivity contribution is 5.85. The Morgan fingerprint density at radius 3 is 2.13 bits per heavy atom. The molecule has 136 valence electrons. The van der Waals surface area contributed by atoms with Crippen molar-refractivity contribution in [3.05, 3.63) is 0 Å². The van der Waals surface area contributed by atoms with E-state index in [0.29, 0.717) is 25.8 Å². The summed E-state index contributed by atoms with van der Waals surface area (Å²) >= 11 is 0. The fraction of sp³-hybridized carbons (Fsp3) is 0.882. The highest BCUT2D eigenvalue weighted by Crippen LogP contribution is 2.28. The first-order chi connectivity index (χ1) is 10.6. The number of halogens is 1. The molecule has 0 spiro atoms. The van der Waals surface area contributed by atoms with E-state index in [0.717, 1.165) is 51.6 Å². The zero-order valence-corrected chi connectivity index (χ0v) is 15.6. The molecular formula is C17H34ClN3O2. The predicted octanol–water partition coefficient (Wildman–Crippen LogP) is 2.61. The molecule has 0 bridgehead atoms. The summed E-state index contributed by atoms with van der Waals surface area (Å²) in [6.45, 7) is 6.30. The first kappa shape index (κ1) is 22.2. The smallest absolute Gasteiger partial charge is 0.222 e. The van der Waals surface area contributed by atoms with Gasteiger partial charge >= 0.3 is 0 Å². The van der Waals surface area contributed by atoms with Gasteiger partial charge in [-0.3, -0.25) is 9.59 Å². The van der Waals surface area contributed by atoms with Crippen molar-refractivity contribution in [3.8, 4) is 0 Å². The van der Waals surface area contributed by atoms with Crippen molar-refractivity contribution in [1.82, 2.24) is 10.2 Å². The van der Waals surface area contributed by atoms with Gasteiger partial charge in [-0.05, 0) is 32.1 Å². The molecule has 0 saturated heterocycles. The van der Waals surface area contributed by atoms with E-state index in [4.69, 9.17) is 5.73 Å². The summed E-state index contributed by atoms with van der Waals surface area (Å²) in [7, 11) is 0. The molecule has 0 unspecified atom stereocenters. The van der Waals surface area contributed by atoms with Crippen LogP contribution in [0.3, 0.4) is 0 Å². The Balaban J connectivity index is 0.00000484. The van der Waals surface area contributed by atoms with Gasteiger partial charge in [0, 0.05) is 32.5 Å². The van der Waals surface area contributed by atoms with Crippen LogP contribution in [0.1, 0.15) is 71.6 Å². The van der Waals surface area contributed by atoms with Crippen molar-refractivity contribution >= 4 is 24.2 Å². The minimum atomic E-state index is -0.183. The number of nitrogens with two attached hydrogens (primary N) is 1. The molecule has 0 aliphatic heterocycles. The lowest BCUT2D eigenvalue weighted by atomic mass is 9.97. The third kappa shape index (κ3) is 7.53. The van der Waals surface area contributed by atoms with Crippen LogP contribution in [-0.4, -0.2) is 41.9 Å². The molecular weight excluding hydrogens is 314 g/mol. The van der Waals surface area contributed by atoms with Crippen LogP contribution in [0.25, 0.3) is 0 Å². The largest absolute Gasteiger partial charge is 0.349 e. The molecule has 0 radical (unpaired) electrons. The number of nitrogens with one attached hydrogen (secondary N) is 1. The second-order valence-corrected chi connectivity index (χ2v) is 6.47. The van der Waals surface area contributed by atoms with Gasteiger partial charge in [0.1, 0.15) is 0 Å². The maximum absolute atomic E-state index is 12.1. The zero-order valence-electron chi connectivity index (χ0n) is 14.7. The molecule has 1 aliphatic rings. The summed E-state index contributed by atoms with van der Waals surface area (Å²) in [6, 6.07) is 0. The van der Waals surface area contributed by atoms with Gasteiger partial charge in [-0.2, -0.15) is 0 Å². The number of carbonyl (C=O) groups excluding carboxylic acids is 2. The average Bonchev–Trinajstić information content (AvgIpc) is 2.96. The zero-order chi connectivity index (χ0) is 16.4. The first-order valence-corrected chi connectivity index (χ1v) is 8.85. The molecule has 1 saturated carbocycles. The lowest BCUT2D eigenvalue weighted by Crippen LogP contribution is -2.51. The normalized spacial score (nSPS) is 15.8. The SMILES string of the molecule is CCCN(CCC)C(=O)CCCC(=O)NC1(CN)CCCC1.Cl. The highest BCUT2D eigenvalue weighted by atomic mass is 35.5. The molecule has 5 nitrogen and oxygen atoms in total. The summed E-state index contributed by atoms with van der Waals surface area (Å²) in [5.41, 5.74) is 5.64. The highest BCUT2D eigenvalue weighted by Gasteiger charge is 2.33. The third-order valence-corrected chi connectivity index (χ3v) is 4.49. The van der Waals surface area contributed by atoms with E-state index >= 15 is 0 Å². The number of rotatable bonds is 10. The van der Waals surface area contributed by atoms with Gasteiger partial charge in [-0.15, -0.1) is 12.4 Å². The Bertz CT molecular complexity index is 352. The van der Waals surface area contributed by atoms with E-state index in [1.807, 2.05) is 4.90 Å². The number of nitrogens with zero attached hydrogens (tertiary/aromatic N) is 1. The second kappa shape index (κ2) is 11.7. The predicted molar refractivity (Wildman–Crippen MR) is 96.7 cm³/mol. The Labute approximate surface area is 147 Å². The van der Waals surface area contributed by atoms with E-state index in [-0.39, 0.29) is 29.8 Å². The maximum Gasteiger partial charge on any atom is 0.222 e. The van der Waals surface area contributed by atoms with E-state index in [2.05, 4.69) is 19.2 Å². The van der Waals surface area contributed by atoms with Crippen LogP contribution in [0.5, 0.6) is 0 Å². The monoisotopic (exact) mass is 347 g/mol. The van der Waals surface area contributed by atoms with Gasteiger partial charge in [0.05, 0.1) is 5.54 Å². The van der Waals surface area contributed by atoms with Gasteiger partial charge in [0.2, 0.25) is 11.8 Å². The summed E-state index contributed by atoms with van der Waals surface area (Å²) in [5, 5.41) is 3.11. The van der Waals surface area contributed by atoms with Gasteiger partial charge in [0.25, 0.3) is 0 Å². The van der Waals surface area contributed by atoms with Crippen LogP contribution in [-0.2, 0) is 9.59 Å². The molecule has 6 heteroatoms. The topological polar surface area (TPSA) is 75.4 Å². The van der Waals surface area contributed by atoms with E-state index in [9.17, 15) is 9.59 Å². The Hall–Kier alpha value is -0.810. The van der Waals surface area contributed by atoms with Crippen LogP contribution in [0, 0.1) is 0 Å². The van der Waals surface area contributed by atoms with Crippen molar-refractivity contribution in [2.45, 2.75) is 77.2 Å². The molecule has 1 fully saturated rings. The molecule has 0 aromatic rings. The molecule has 0 aromatic carbocycles. The van der Waals surface area contributed by atoms with Crippen LogP contribution in [0.4, 0.5) is 0 Å². The summed E-state index contributed by atoms with van der Waals surface area (Å²) in [6.07, 6.45) is 7.69. The molecule has 23 heavy (non-hydrogen) atoms. The lowest BCUT2D eigenvalue weighted by Gasteiger charge is -2.28. The van der Waals surface area contributed by atoms with Gasteiger partial charge < -0.3 is 16.0 Å². The van der Waals surface area contributed by atoms with E-state index in [1.54, 1.807) is 0 Å². The average molecular weight is 348 g/mol. The van der Waals surface area contributed by atoms with E-state index in [1.165, 1.54) is 0 Å². The Morgan fingerprint density at radius 2 is 1.65 bits per heavy atom. The molecule has 3 N–H and O–H groups in total. The summed E-state index contributed by atoms with van der Waals surface area (Å²) in [4.78, 5) is 26.1. The number of hydrogen-bond acceptors (Lipinski definition) is 3. The second-order valence-electron chi connectivity index (χ2n) is 6.47. The molecule has 1 aliphatic carbocycles. The van der Waals surface area contributed by atoms with Crippen LogP contribution >= 0.6 is 12.4 Å². The Morgan fingerprint density at radius 1 is 1.09 bits per heavy atom. The number of amides is 2. The number of carbonyl (C=O) groups is 2. The summed E-state index contributed by atoms with van der Waals surface area (Å²) < 4.78 is 0. The van der Waals surface area contributed by atoms with Gasteiger partial charge in [-0.25, -0.2) is 0 Å². The Kier molecular flexibility index (Phi) is 11.3. The first-order valence-electron chi connectivity index (χ1n) is 8.85. The minimum absolute atomic E-state index is 0. The number of hydrogen-bond donors (Lipinski definition) is 2. The van der Waals surface area contributed by atoms with Crippen LogP contribution in [0.15, 0.2) is 0 Å². The van der Waals surface area contributed by atoms with E-state index < -0.39 is 0 Å². The summed E-state index contributed by atoms with van der Waals surface area (Å²) in [5.74, 6) is 0.212. The molecule has 1 rings (SSSR count). The van der Waals surface area contributed by atoms with Crippen molar-refractivity contribution < 1.29 is 9.59 Å². The minimum Gasteiger partial charge on any atom is -0.349 e. The van der Waals surface area contributed by atoms with Crippen molar-refractivity contribution in [2.24, 2.45) is 5.73 Å². The molecule has 2 amide bonds. The fourth-order valence-corrected chi connectivity index (χ4v) is 3.25. The van der Waals surface area contributed by atoms with Gasteiger partial charge in [-0.1, -0.05) is 26.7 Å². The van der Waals surface area contributed by atoms with Crippen molar-refractivity contribution in [1.29, 1.82) is 0 Å². The molecule has 0 atom stereocenters. The van der Waals surface area contributed by atoms with Gasteiger partial charge in [0.15, 0.2) is 0 Å². The van der Waals surface area contributed by atoms with Crippen LogP contribution < -0.4 is 11.1 Å². The maximum atomic E-state index is 12.1. The van der Waals surface area contributed by atoms with Crippen molar-refractivity contribution in [3.63, 3.8) is 0 Å². The molecule has 0 aromatic heterocycles. The standard InChI is InChI=1S/C17H33N3O2.ClH/c1-3-12-20(13-4-2)16(22)9-7-8-15(21)19-17(14-18)10-5-6-11-17;/h3-14,18H2,1-2H3,(H,19,21);1H.